The first-order chi connectivity index (χ1) is 15.0. The summed E-state index contributed by atoms with van der Waals surface area (Å²) >= 11 is 0. The molecule has 168 valence electrons. The van der Waals surface area contributed by atoms with E-state index in [1.54, 1.807) is 24.1 Å². The second-order valence-electron chi connectivity index (χ2n) is 7.52. The predicted molar refractivity (Wildman–Crippen MR) is 122 cm³/mol. The molecule has 0 aliphatic heterocycles. The largest absolute Gasteiger partial charge is 0.493 e. The van der Waals surface area contributed by atoms with Gasteiger partial charge in [0.1, 0.15) is 6.04 Å². The molecule has 1 N–H and O–H groups in total. The molecule has 2 aromatic carbocycles. The fourth-order valence-corrected chi connectivity index (χ4v) is 3.39. The number of hydrogen-bond donors (Lipinski definition) is 1. The molecule has 6 heteroatoms. The van der Waals surface area contributed by atoms with Gasteiger partial charge in [-0.05, 0) is 37.5 Å². The van der Waals surface area contributed by atoms with Crippen LogP contribution in [-0.4, -0.2) is 43.0 Å². The summed E-state index contributed by atoms with van der Waals surface area (Å²) in [6, 6.07) is 14.6. The fourth-order valence-electron chi connectivity index (χ4n) is 3.39. The second-order valence-corrected chi connectivity index (χ2v) is 7.52. The molecule has 2 rings (SSSR count). The van der Waals surface area contributed by atoms with Crippen LogP contribution in [0.4, 0.5) is 0 Å². The van der Waals surface area contributed by atoms with Crippen LogP contribution in [-0.2, 0) is 16.1 Å². The summed E-state index contributed by atoms with van der Waals surface area (Å²) in [5.74, 6) is 0.679. The molecule has 2 aromatic rings. The molecule has 0 aliphatic rings. The smallest absolute Gasteiger partial charge is 0.261 e. The van der Waals surface area contributed by atoms with E-state index in [2.05, 4.69) is 12.2 Å². The van der Waals surface area contributed by atoms with E-state index in [4.69, 9.17) is 9.47 Å². The Morgan fingerprint density at radius 1 is 1.06 bits per heavy atom. The molecule has 0 unspecified atom stereocenters. The van der Waals surface area contributed by atoms with Crippen molar-refractivity contribution in [1.29, 1.82) is 0 Å². The molecule has 0 aromatic heterocycles. The van der Waals surface area contributed by atoms with Gasteiger partial charge in [-0.2, -0.15) is 0 Å². The lowest BCUT2D eigenvalue weighted by molar-refractivity contribution is -0.143. The van der Waals surface area contributed by atoms with E-state index >= 15 is 0 Å². The summed E-state index contributed by atoms with van der Waals surface area (Å²) in [4.78, 5) is 27.7. The van der Waals surface area contributed by atoms with Crippen LogP contribution < -0.4 is 14.8 Å². The molecule has 0 bridgehead atoms. The Labute approximate surface area is 185 Å². The normalized spacial score (nSPS) is 11.5. The molecule has 31 heavy (non-hydrogen) atoms. The van der Waals surface area contributed by atoms with Crippen LogP contribution in [0.1, 0.15) is 44.2 Å². The van der Waals surface area contributed by atoms with Crippen LogP contribution in [0.25, 0.3) is 0 Å². The molecule has 0 saturated carbocycles. The van der Waals surface area contributed by atoms with Crippen molar-refractivity contribution in [1.82, 2.24) is 10.2 Å². The SMILES string of the molecule is CCCCNC(=O)[C@@H](CC)N(Cc1cccc(C)c1)C(=O)COc1ccccc1OC. The van der Waals surface area contributed by atoms with Crippen molar-refractivity contribution in [3.8, 4) is 11.5 Å². The highest BCUT2D eigenvalue weighted by molar-refractivity contribution is 5.88. The Kier molecular flexibility index (Phi) is 9.88. The van der Waals surface area contributed by atoms with Crippen molar-refractivity contribution in [2.45, 2.75) is 52.6 Å². The van der Waals surface area contributed by atoms with E-state index in [1.165, 1.54) is 0 Å². The number of hydrogen-bond acceptors (Lipinski definition) is 4. The summed E-state index contributed by atoms with van der Waals surface area (Å²) in [6.45, 7) is 6.78. The van der Waals surface area contributed by atoms with Gasteiger partial charge in [-0.3, -0.25) is 9.59 Å². The zero-order chi connectivity index (χ0) is 22.6. The lowest BCUT2D eigenvalue weighted by Crippen LogP contribution is -2.50. The predicted octanol–water partition coefficient (Wildman–Crippen LogP) is 4.11. The standard InChI is InChI=1S/C25H34N2O4/c1-5-7-15-26-25(29)21(6-2)27(17-20-12-10-11-19(3)16-20)24(28)18-31-23-14-9-8-13-22(23)30-4/h8-14,16,21H,5-7,15,17-18H2,1-4H3,(H,26,29)/t21-/m1/s1. The van der Waals surface area contributed by atoms with Crippen molar-refractivity contribution in [3.05, 3.63) is 59.7 Å². The molecular weight excluding hydrogens is 392 g/mol. The Hall–Kier alpha value is -3.02. The van der Waals surface area contributed by atoms with Gasteiger partial charge in [0, 0.05) is 13.1 Å². The first kappa shape index (κ1) is 24.3. The molecule has 1 atom stereocenters. The minimum Gasteiger partial charge on any atom is -0.493 e. The van der Waals surface area contributed by atoms with Crippen LogP contribution >= 0.6 is 0 Å². The van der Waals surface area contributed by atoms with Gasteiger partial charge in [-0.25, -0.2) is 0 Å². The number of para-hydroxylation sites is 2. The molecule has 0 heterocycles. The summed E-state index contributed by atoms with van der Waals surface area (Å²) < 4.78 is 11.1. The third-order valence-electron chi connectivity index (χ3n) is 5.07. The monoisotopic (exact) mass is 426 g/mol. The van der Waals surface area contributed by atoms with E-state index in [-0.39, 0.29) is 18.4 Å². The average molecular weight is 427 g/mol. The summed E-state index contributed by atoms with van der Waals surface area (Å²) in [5, 5.41) is 2.97. The fraction of sp³-hybridized carbons (Fsp3) is 0.440. The van der Waals surface area contributed by atoms with Crippen molar-refractivity contribution in [2.75, 3.05) is 20.3 Å². The van der Waals surface area contributed by atoms with Crippen molar-refractivity contribution in [3.63, 3.8) is 0 Å². The minimum absolute atomic E-state index is 0.130. The number of benzene rings is 2. The number of ether oxygens (including phenoxy) is 2. The van der Waals surface area contributed by atoms with Crippen LogP contribution in [0.15, 0.2) is 48.5 Å². The van der Waals surface area contributed by atoms with Crippen molar-refractivity contribution < 1.29 is 19.1 Å². The first-order valence-electron chi connectivity index (χ1n) is 10.9. The molecule has 6 nitrogen and oxygen atoms in total. The molecular formula is C25H34N2O4. The number of rotatable bonds is 12. The number of carbonyl (C=O) groups excluding carboxylic acids is 2. The maximum atomic E-state index is 13.2. The Morgan fingerprint density at radius 3 is 2.45 bits per heavy atom. The van der Waals surface area contributed by atoms with Gasteiger partial charge >= 0.3 is 0 Å². The van der Waals surface area contributed by atoms with Gasteiger partial charge in [0.2, 0.25) is 5.91 Å². The van der Waals surface area contributed by atoms with Gasteiger partial charge in [0.25, 0.3) is 5.91 Å². The van der Waals surface area contributed by atoms with Gasteiger partial charge in [0.15, 0.2) is 18.1 Å². The van der Waals surface area contributed by atoms with Crippen LogP contribution in [0.2, 0.25) is 0 Å². The number of aryl methyl sites for hydroxylation is 1. The Morgan fingerprint density at radius 2 is 1.81 bits per heavy atom. The van der Waals surface area contributed by atoms with Crippen molar-refractivity contribution >= 4 is 11.8 Å². The quantitative estimate of drug-likeness (QED) is 0.519. The van der Waals surface area contributed by atoms with Gasteiger partial charge in [-0.1, -0.05) is 62.2 Å². The van der Waals surface area contributed by atoms with Crippen LogP contribution in [0, 0.1) is 6.92 Å². The number of nitrogens with one attached hydrogen (secondary N) is 1. The molecule has 0 saturated heterocycles. The number of unbranched alkanes of at least 4 members (excludes halogenated alkanes) is 1. The lowest BCUT2D eigenvalue weighted by Gasteiger charge is -2.30. The van der Waals surface area contributed by atoms with Crippen LogP contribution in [0.3, 0.4) is 0 Å². The third kappa shape index (κ3) is 7.31. The third-order valence-corrected chi connectivity index (χ3v) is 5.07. The summed E-state index contributed by atoms with van der Waals surface area (Å²) in [6.07, 6.45) is 2.42. The van der Waals surface area contributed by atoms with Crippen molar-refractivity contribution in [2.24, 2.45) is 0 Å². The number of methoxy groups -OCH3 is 1. The topological polar surface area (TPSA) is 67.9 Å². The van der Waals surface area contributed by atoms with E-state index in [1.807, 2.05) is 50.2 Å². The van der Waals surface area contributed by atoms with E-state index in [9.17, 15) is 9.59 Å². The highest BCUT2D eigenvalue weighted by atomic mass is 16.5. The second kappa shape index (κ2) is 12.6. The average Bonchev–Trinajstić information content (AvgIpc) is 2.77. The maximum Gasteiger partial charge on any atom is 0.261 e. The van der Waals surface area contributed by atoms with Crippen LogP contribution in [0.5, 0.6) is 11.5 Å². The number of amides is 2. The van der Waals surface area contributed by atoms with E-state index in [0.29, 0.717) is 31.0 Å². The maximum absolute atomic E-state index is 13.2. The van der Waals surface area contributed by atoms with E-state index < -0.39 is 6.04 Å². The zero-order valence-electron chi connectivity index (χ0n) is 19.0. The minimum atomic E-state index is -0.564. The van der Waals surface area contributed by atoms with Gasteiger partial charge in [0.05, 0.1) is 7.11 Å². The highest BCUT2D eigenvalue weighted by Gasteiger charge is 2.29. The molecule has 0 aliphatic carbocycles. The first-order valence-corrected chi connectivity index (χ1v) is 10.9. The Bertz CT molecular complexity index is 853. The molecule has 2 amide bonds. The molecule has 0 radical (unpaired) electrons. The zero-order valence-corrected chi connectivity index (χ0v) is 19.0. The Balaban J connectivity index is 2.20. The number of carbonyl (C=O) groups is 2. The van der Waals surface area contributed by atoms with E-state index in [0.717, 1.165) is 24.0 Å². The summed E-state index contributed by atoms with van der Waals surface area (Å²) in [5.41, 5.74) is 2.08. The van der Waals surface area contributed by atoms with Gasteiger partial charge < -0.3 is 19.7 Å². The highest BCUT2D eigenvalue weighted by Crippen LogP contribution is 2.26. The lowest BCUT2D eigenvalue weighted by atomic mass is 10.1. The molecule has 0 spiro atoms. The summed E-state index contributed by atoms with van der Waals surface area (Å²) in [7, 11) is 1.56. The molecule has 0 fully saturated rings. The van der Waals surface area contributed by atoms with Gasteiger partial charge in [-0.15, -0.1) is 0 Å². The number of nitrogens with zero attached hydrogens (tertiary/aromatic N) is 1.